The van der Waals surface area contributed by atoms with Crippen molar-refractivity contribution in [2.45, 2.75) is 0 Å². The maximum absolute atomic E-state index is 8.59. The van der Waals surface area contributed by atoms with Gasteiger partial charge < -0.3 is 20.4 Å². The summed E-state index contributed by atoms with van der Waals surface area (Å²) in [5.74, 6) is 0.259. The highest BCUT2D eigenvalue weighted by Crippen LogP contribution is 1.88. The highest BCUT2D eigenvalue weighted by molar-refractivity contribution is 5.72. The minimum Gasteiger partial charge on any atom is -0.507 e. The van der Waals surface area contributed by atoms with Crippen LogP contribution in [0.25, 0.3) is 0 Å². The predicted molar refractivity (Wildman–Crippen MR) is 38.4 cm³/mol. The molecule has 1 heterocycles. The molecule has 1 radical (unpaired) electrons. The molecule has 0 aromatic rings. The van der Waals surface area contributed by atoms with Crippen molar-refractivity contribution in [1.82, 2.24) is 4.99 Å². The fourth-order valence-corrected chi connectivity index (χ4v) is 0.344. The summed E-state index contributed by atoms with van der Waals surface area (Å²) in [4.78, 5) is 11.9. The zero-order valence-corrected chi connectivity index (χ0v) is 5.38. The van der Waals surface area contributed by atoms with Crippen molar-refractivity contribution in [3.8, 4) is 0 Å². The van der Waals surface area contributed by atoms with E-state index in [2.05, 4.69) is 4.99 Å². The Hall–Kier alpha value is -1.85. The molecule has 6 heteroatoms. The van der Waals surface area contributed by atoms with Crippen LogP contribution < -0.4 is 4.99 Å². The lowest BCUT2D eigenvalue weighted by Gasteiger charge is -1.80. The van der Waals surface area contributed by atoms with E-state index in [4.69, 9.17) is 20.4 Å². The molecule has 0 saturated heterocycles. The molecule has 59 valence electrons. The summed E-state index contributed by atoms with van der Waals surface area (Å²) in [6, 6.07) is 0. The Bertz CT molecular complexity index is 215. The third-order valence-electron chi connectivity index (χ3n) is 0.663. The van der Waals surface area contributed by atoms with Crippen LogP contribution in [0.15, 0.2) is 24.1 Å². The summed E-state index contributed by atoms with van der Waals surface area (Å²) in [5.41, 5.74) is 0. The molecule has 0 unspecified atom stereocenters. The minimum absolute atomic E-state index is 0.259. The third-order valence-corrected chi connectivity index (χ3v) is 0.663. The van der Waals surface area contributed by atoms with E-state index in [-0.39, 0.29) is 5.76 Å². The Kier molecular flexibility index (Phi) is 4.14. The molecule has 1 N–H and O–H groups in total. The number of hydrogen-bond donors (Lipinski definition) is 1. The van der Waals surface area contributed by atoms with Crippen molar-refractivity contribution in [3.63, 3.8) is 0 Å². The van der Waals surface area contributed by atoms with E-state index in [1.165, 1.54) is 24.6 Å². The summed E-state index contributed by atoms with van der Waals surface area (Å²) in [5, 5.41) is 23.3. The van der Waals surface area contributed by atoms with Gasteiger partial charge in [0.1, 0.15) is 5.76 Å². The number of rotatable bonds is 0. The van der Waals surface area contributed by atoms with Gasteiger partial charge in [-0.2, -0.15) is 0 Å². The second-order valence-electron chi connectivity index (χ2n) is 1.43. The van der Waals surface area contributed by atoms with Gasteiger partial charge in [0.25, 0.3) is 0 Å². The van der Waals surface area contributed by atoms with Gasteiger partial charge in [-0.25, -0.2) is 0 Å². The maximum Gasteiger partial charge on any atom is 0.245 e. The van der Waals surface area contributed by atoms with Crippen LogP contribution in [0.5, 0.6) is 0 Å². The highest BCUT2D eigenvalue weighted by Gasteiger charge is 1.92. The van der Waals surface area contributed by atoms with Crippen molar-refractivity contribution in [2.75, 3.05) is 0 Å². The number of nitrogens with zero attached hydrogens (tertiary/aromatic N) is 2. The molecule has 6 nitrogen and oxygen atoms in total. The molecule has 0 aromatic heterocycles. The predicted octanol–water partition coefficient (Wildman–Crippen LogP) is 0.123. The third kappa shape index (κ3) is 8.15. The first-order valence-corrected chi connectivity index (χ1v) is 2.53. The normalized spacial score (nSPS) is 12.9. The average molecular weight is 157 g/mol. The van der Waals surface area contributed by atoms with Gasteiger partial charge >= 0.3 is 0 Å². The van der Waals surface area contributed by atoms with Crippen LogP contribution in [0, 0.1) is 15.3 Å². The second kappa shape index (κ2) is 4.98. The van der Waals surface area contributed by atoms with Gasteiger partial charge in [0.15, 0.2) is 0 Å². The number of hydrogen-bond acceptors (Lipinski definition) is 5. The van der Waals surface area contributed by atoms with E-state index < -0.39 is 5.09 Å². The molecule has 0 aromatic carbocycles. The molecule has 1 aliphatic heterocycles. The van der Waals surface area contributed by atoms with E-state index in [1.807, 2.05) is 0 Å². The van der Waals surface area contributed by atoms with E-state index in [1.54, 1.807) is 0 Å². The van der Waals surface area contributed by atoms with E-state index in [9.17, 15) is 0 Å². The second-order valence-corrected chi connectivity index (χ2v) is 1.43. The highest BCUT2D eigenvalue weighted by atomic mass is 16.9. The van der Waals surface area contributed by atoms with Crippen LogP contribution in [-0.2, 0) is 0 Å². The van der Waals surface area contributed by atoms with Gasteiger partial charge in [-0.1, -0.05) is 0 Å². The summed E-state index contributed by atoms with van der Waals surface area (Å²) in [6.07, 6.45) is 6.13. The smallest absolute Gasteiger partial charge is 0.245 e. The molecule has 11 heavy (non-hydrogen) atoms. The van der Waals surface area contributed by atoms with Crippen molar-refractivity contribution < 1.29 is 10.2 Å². The van der Waals surface area contributed by atoms with E-state index in [0.717, 1.165) is 0 Å². The molecule has 0 spiro atoms. The summed E-state index contributed by atoms with van der Waals surface area (Å²) in [6.45, 7) is 0. The summed E-state index contributed by atoms with van der Waals surface area (Å²) >= 11 is 0. The van der Waals surface area contributed by atoms with Gasteiger partial charge in [0.05, 0.1) is 22.2 Å². The van der Waals surface area contributed by atoms with Crippen LogP contribution >= 0.6 is 0 Å². The Morgan fingerprint density at radius 3 is 2.27 bits per heavy atom. The van der Waals surface area contributed by atoms with E-state index in [0.29, 0.717) is 0 Å². The Morgan fingerprint density at radius 1 is 1.55 bits per heavy atom. The lowest BCUT2D eigenvalue weighted by Crippen LogP contribution is -1.87. The van der Waals surface area contributed by atoms with Gasteiger partial charge in [-0.05, 0) is 0 Å². The zero-order chi connectivity index (χ0) is 8.69. The Balaban J connectivity index is 0.000000218. The lowest BCUT2D eigenvalue weighted by atomic mass is 10.4. The fraction of sp³-hybridized carbons (Fsp3) is 0. The number of allylic oxidation sites excluding steroid dienone is 2. The zero-order valence-electron chi connectivity index (χ0n) is 5.38. The van der Waals surface area contributed by atoms with Crippen LogP contribution in [0.1, 0.15) is 0 Å². The van der Waals surface area contributed by atoms with Crippen LogP contribution in [0.4, 0.5) is 0 Å². The molecule has 0 fully saturated rings. The average Bonchev–Trinajstić information content (AvgIpc) is 1.87. The molecule has 0 bridgehead atoms. The van der Waals surface area contributed by atoms with E-state index >= 15 is 0 Å². The quantitative estimate of drug-likeness (QED) is 0.398. The van der Waals surface area contributed by atoms with Crippen LogP contribution in [-0.4, -0.2) is 16.4 Å². The molecule has 0 saturated carbocycles. The summed E-state index contributed by atoms with van der Waals surface area (Å²) in [7, 11) is 0. The molecular formula is C5H5N2O4. The van der Waals surface area contributed by atoms with Crippen LogP contribution in [0.3, 0.4) is 0 Å². The molecule has 0 aliphatic carbocycles. The topological polar surface area (TPSA) is 101 Å². The SMILES string of the molecule is O=[N+]([O-])[O-].OC1=CC=[N+]C=C1. The maximum atomic E-state index is 8.59. The number of aliphatic hydroxyl groups excluding tert-OH is 1. The van der Waals surface area contributed by atoms with Crippen molar-refractivity contribution in [3.05, 3.63) is 39.4 Å². The van der Waals surface area contributed by atoms with Crippen molar-refractivity contribution >= 4 is 6.21 Å². The summed E-state index contributed by atoms with van der Waals surface area (Å²) < 4.78 is 0. The van der Waals surface area contributed by atoms with Gasteiger partial charge in [-0.15, -0.1) is 0 Å². The van der Waals surface area contributed by atoms with Crippen molar-refractivity contribution in [1.29, 1.82) is 0 Å². The lowest BCUT2D eigenvalue weighted by molar-refractivity contribution is -0.402. The molecule has 0 amide bonds. The minimum atomic E-state index is -1.75. The number of aliphatic imine (C=N–C) groups is 1. The first kappa shape index (κ1) is 9.15. The number of aliphatic hydroxyl groups is 1. The Morgan fingerprint density at radius 2 is 2.09 bits per heavy atom. The largest absolute Gasteiger partial charge is 0.507 e. The molecule has 1 aliphatic rings. The fourth-order valence-electron chi connectivity index (χ4n) is 0.344. The van der Waals surface area contributed by atoms with Gasteiger partial charge in [-0.3, -0.25) is 0 Å². The first-order valence-electron chi connectivity index (χ1n) is 2.53. The van der Waals surface area contributed by atoms with Crippen LogP contribution in [0.2, 0.25) is 0 Å². The molecule has 1 rings (SSSR count). The van der Waals surface area contributed by atoms with Gasteiger partial charge in [0, 0.05) is 0 Å². The standard InChI is InChI=1S/C5H5NO.NO3/c7-5-1-3-6-4-2-5;2-1(3)4/h1-4,7H;/q+1;-1. The first-order chi connectivity index (χ1) is 5.13. The monoisotopic (exact) mass is 157 g/mol. The Labute approximate surface area is 61.9 Å². The van der Waals surface area contributed by atoms with Crippen molar-refractivity contribution in [2.24, 2.45) is 0 Å². The molecule has 0 atom stereocenters. The molecular weight excluding hydrogens is 152 g/mol. The van der Waals surface area contributed by atoms with Gasteiger partial charge in [0.2, 0.25) is 12.4 Å².